The highest BCUT2D eigenvalue weighted by Crippen LogP contribution is 2.32. The number of ketones is 2. The third kappa shape index (κ3) is 1.98. The van der Waals surface area contributed by atoms with Crippen molar-refractivity contribution in [2.75, 3.05) is 0 Å². The van der Waals surface area contributed by atoms with E-state index in [1.165, 1.54) is 0 Å². The Balaban J connectivity index is 2.75. The van der Waals surface area contributed by atoms with E-state index in [1.807, 2.05) is 27.7 Å². The maximum atomic E-state index is 11.8. The summed E-state index contributed by atoms with van der Waals surface area (Å²) >= 11 is 0. The molecule has 2 nitrogen and oxygen atoms in total. The summed E-state index contributed by atoms with van der Waals surface area (Å²) in [5.74, 6) is 0.0491. The van der Waals surface area contributed by atoms with E-state index in [1.54, 1.807) is 0 Å². The summed E-state index contributed by atoms with van der Waals surface area (Å²) in [6.07, 6.45) is 1.64. The summed E-state index contributed by atoms with van der Waals surface area (Å²) in [7, 11) is 0. The average Bonchev–Trinajstić information content (AvgIpc) is 2.30. The number of rotatable bonds is 1. The number of hydrogen-bond donors (Lipinski definition) is 0. The zero-order valence-electron chi connectivity index (χ0n) is 8.89. The lowest BCUT2D eigenvalue weighted by Crippen LogP contribution is -2.31. The van der Waals surface area contributed by atoms with Crippen molar-refractivity contribution in [2.24, 2.45) is 17.3 Å². The largest absolute Gasteiger partial charge is 0.299 e. The van der Waals surface area contributed by atoms with E-state index in [2.05, 4.69) is 0 Å². The molecule has 74 valence electrons. The quantitative estimate of drug-likeness (QED) is 0.583. The Morgan fingerprint density at radius 1 is 1.31 bits per heavy atom. The molecule has 13 heavy (non-hydrogen) atoms. The van der Waals surface area contributed by atoms with Crippen LogP contribution in [0.15, 0.2) is 0 Å². The Kier molecular flexibility index (Phi) is 2.60. The zero-order valence-corrected chi connectivity index (χ0v) is 8.89. The van der Waals surface area contributed by atoms with Crippen LogP contribution in [-0.2, 0) is 9.59 Å². The van der Waals surface area contributed by atoms with Gasteiger partial charge in [0, 0.05) is 11.3 Å². The van der Waals surface area contributed by atoms with E-state index in [0.717, 1.165) is 12.8 Å². The highest BCUT2D eigenvalue weighted by molar-refractivity contribution is 6.06. The van der Waals surface area contributed by atoms with Gasteiger partial charge in [-0.2, -0.15) is 0 Å². The lowest BCUT2D eigenvalue weighted by Gasteiger charge is -2.20. The van der Waals surface area contributed by atoms with Gasteiger partial charge in [-0.05, 0) is 12.8 Å². The number of hydrogen-bond acceptors (Lipinski definition) is 2. The van der Waals surface area contributed by atoms with Crippen molar-refractivity contribution in [3.8, 4) is 0 Å². The van der Waals surface area contributed by atoms with Crippen molar-refractivity contribution in [3.63, 3.8) is 0 Å². The van der Waals surface area contributed by atoms with Crippen molar-refractivity contribution in [3.05, 3.63) is 0 Å². The fraction of sp³-hybridized carbons (Fsp3) is 0.818. The van der Waals surface area contributed by atoms with Crippen molar-refractivity contribution in [2.45, 2.75) is 40.5 Å². The molecule has 0 aromatic heterocycles. The third-order valence-electron chi connectivity index (χ3n) is 2.77. The van der Waals surface area contributed by atoms with E-state index in [4.69, 9.17) is 0 Å². The lowest BCUT2D eigenvalue weighted by molar-refractivity contribution is -0.137. The first-order valence-electron chi connectivity index (χ1n) is 4.92. The molecule has 0 saturated heterocycles. The van der Waals surface area contributed by atoms with Crippen LogP contribution in [0.4, 0.5) is 0 Å². The normalized spacial score (nSPS) is 29.4. The molecule has 0 heterocycles. The first-order chi connectivity index (χ1) is 5.84. The van der Waals surface area contributed by atoms with Gasteiger partial charge < -0.3 is 0 Å². The van der Waals surface area contributed by atoms with E-state index in [0.29, 0.717) is 0 Å². The van der Waals surface area contributed by atoms with E-state index in [-0.39, 0.29) is 28.8 Å². The van der Waals surface area contributed by atoms with E-state index in [9.17, 15) is 9.59 Å². The van der Waals surface area contributed by atoms with Gasteiger partial charge in [0.15, 0.2) is 0 Å². The fourth-order valence-electron chi connectivity index (χ4n) is 1.83. The summed E-state index contributed by atoms with van der Waals surface area (Å²) in [5, 5.41) is 0. The summed E-state index contributed by atoms with van der Waals surface area (Å²) in [6, 6.07) is 0. The van der Waals surface area contributed by atoms with Gasteiger partial charge >= 0.3 is 0 Å². The van der Waals surface area contributed by atoms with Crippen LogP contribution in [0.25, 0.3) is 0 Å². The van der Waals surface area contributed by atoms with Crippen LogP contribution >= 0.6 is 0 Å². The summed E-state index contributed by atoms with van der Waals surface area (Å²) in [5.41, 5.74) is -0.371. The van der Waals surface area contributed by atoms with Gasteiger partial charge in [-0.1, -0.05) is 27.7 Å². The van der Waals surface area contributed by atoms with Gasteiger partial charge in [-0.15, -0.1) is 0 Å². The minimum atomic E-state index is -0.371. The number of Topliss-reactive ketones (excluding diaryl/α,β-unsaturated/α-hetero) is 2. The molecule has 0 N–H and O–H groups in total. The maximum Gasteiger partial charge on any atom is 0.148 e. The molecule has 0 amide bonds. The first kappa shape index (κ1) is 10.4. The van der Waals surface area contributed by atoms with Crippen molar-refractivity contribution >= 4 is 11.6 Å². The molecule has 2 heteroatoms. The molecule has 1 aliphatic carbocycles. The minimum absolute atomic E-state index is 0.0938. The monoisotopic (exact) mass is 182 g/mol. The second-order valence-electron chi connectivity index (χ2n) is 5.05. The van der Waals surface area contributed by atoms with E-state index >= 15 is 0 Å². The van der Waals surface area contributed by atoms with E-state index < -0.39 is 0 Å². The highest BCUT2D eigenvalue weighted by Gasteiger charge is 2.40. The first-order valence-corrected chi connectivity index (χ1v) is 4.92. The van der Waals surface area contributed by atoms with Gasteiger partial charge in [0.2, 0.25) is 0 Å². The molecule has 0 aromatic carbocycles. The molecule has 0 radical (unpaired) electrons. The lowest BCUT2D eigenvalue weighted by atomic mass is 9.81. The molecule has 2 atom stereocenters. The van der Waals surface area contributed by atoms with Crippen molar-refractivity contribution in [1.29, 1.82) is 0 Å². The van der Waals surface area contributed by atoms with Crippen molar-refractivity contribution in [1.82, 2.24) is 0 Å². The predicted octanol–water partition coefficient (Wildman–Crippen LogP) is 2.22. The van der Waals surface area contributed by atoms with Crippen LogP contribution < -0.4 is 0 Å². The second kappa shape index (κ2) is 3.24. The molecule has 1 fully saturated rings. The molecule has 0 spiro atoms. The third-order valence-corrected chi connectivity index (χ3v) is 2.77. The van der Waals surface area contributed by atoms with Gasteiger partial charge in [-0.25, -0.2) is 0 Å². The van der Waals surface area contributed by atoms with Crippen LogP contribution in [-0.4, -0.2) is 11.6 Å². The summed E-state index contributed by atoms with van der Waals surface area (Å²) in [6.45, 7) is 7.56. The minimum Gasteiger partial charge on any atom is -0.299 e. The van der Waals surface area contributed by atoms with Gasteiger partial charge in [-0.3, -0.25) is 9.59 Å². The molecule has 1 aliphatic rings. The Hall–Kier alpha value is -0.660. The molecular formula is C11H18O2. The molecule has 1 rings (SSSR count). The van der Waals surface area contributed by atoms with Gasteiger partial charge in [0.05, 0.1) is 5.92 Å². The number of carbonyl (C=O) groups excluding carboxylic acids is 2. The maximum absolute atomic E-state index is 11.8. The molecule has 1 saturated carbocycles. The Morgan fingerprint density at radius 2 is 1.85 bits per heavy atom. The van der Waals surface area contributed by atoms with Crippen LogP contribution in [0.3, 0.4) is 0 Å². The zero-order chi connectivity index (χ0) is 10.2. The van der Waals surface area contributed by atoms with Gasteiger partial charge in [0.1, 0.15) is 11.6 Å². The fourth-order valence-corrected chi connectivity index (χ4v) is 1.83. The smallest absolute Gasteiger partial charge is 0.148 e. The predicted molar refractivity (Wildman–Crippen MR) is 51.4 cm³/mol. The summed E-state index contributed by atoms with van der Waals surface area (Å²) < 4.78 is 0. The molecular weight excluding hydrogens is 164 g/mol. The van der Waals surface area contributed by atoms with Crippen LogP contribution in [0.2, 0.25) is 0 Å². The molecule has 0 aliphatic heterocycles. The van der Waals surface area contributed by atoms with Crippen LogP contribution in [0.1, 0.15) is 40.5 Å². The van der Waals surface area contributed by atoms with Gasteiger partial charge in [0.25, 0.3) is 0 Å². The summed E-state index contributed by atoms with van der Waals surface area (Å²) in [4.78, 5) is 23.4. The number of carbonyl (C=O) groups is 2. The van der Waals surface area contributed by atoms with Crippen LogP contribution in [0.5, 0.6) is 0 Å². The average molecular weight is 182 g/mol. The molecule has 0 aromatic rings. The van der Waals surface area contributed by atoms with Crippen LogP contribution in [0, 0.1) is 17.3 Å². The molecule has 2 unspecified atom stereocenters. The molecule has 0 bridgehead atoms. The second-order valence-corrected chi connectivity index (χ2v) is 5.05. The standard InChI is InChI=1S/C11H18O2/c1-7-5-6-8(9(7)12)10(13)11(2,3)4/h7-8H,5-6H2,1-4H3. The topological polar surface area (TPSA) is 34.1 Å². The Morgan fingerprint density at radius 3 is 2.15 bits per heavy atom. The highest BCUT2D eigenvalue weighted by atomic mass is 16.2. The Labute approximate surface area is 79.7 Å². The Bertz CT molecular complexity index is 235. The SMILES string of the molecule is CC1CCC(C(=O)C(C)(C)C)C1=O. The van der Waals surface area contributed by atoms with Crippen molar-refractivity contribution < 1.29 is 9.59 Å².